The molecule has 0 saturated heterocycles. The molecule has 2 nitrogen and oxygen atoms in total. The number of pyridine rings is 1. The summed E-state index contributed by atoms with van der Waals surface area (Å²) in [4.78, 5) is 6.47. The summed E-state index contributed by atoms with van der Waals surface area (Å²) in [5.41, 5.74) is 0. The lowest BCUT2D eigenvalue weighted by molar-refractivity contribution is 0.413. The zero-order valence-electron chi connectivity index (χ0n) is 8.40. The molecule has 1 heterocycles. The van der Waals surface area contributed by atoms with Crippen molar-refractivity contribution in [2.45, 2.75) is 17.2 Å². The Morgan fingerprint density at radius 3 is 2.77 bits per heavy atom. The van der Waals surface area contributed by atoms with Crippen molar-refractivity contribution in [3.63, 3.8) is 0 Å². The van der Waals surface area contributed by atoms with Crippen LogP contribution in [0.2, 0.25) is 0 Å². The van der Waals surface area contributed by atoms with Gasteiger partial charge in [-0.15, -0.1) is 11.8 Å². The molecule has 72 valence electrons. The maximum Gasteiger partial charge on any atom is 0.0962 e. The minimum atomic E-state index is 0.588. The molecule has 0 spiro atoms. The molecule has 0 aliphatic carbocycles. The predicted molar refractivity (Wildman–Crippen MR) is 58.1 cm³/mol. The quantitative estimate of drug-likeness (QED) is 0.686. The van der Waals surface area contributed by atoms with Gasteiger partial charge in [-0.1, -0.05) is 13.0 Å². The number of aromatic nitrogens is 1. The molecule has 1 rings (SSSR count). The van der Waals surface area contributed by atoms with Crippen molar-refractivity contribution in [2.75, 3.05) is 20.6 Å². The lowest BCUT2D eigenvalue weighted by Crippen LogP contribution is -2.21. The minimum absolute atomic E-state index is 0.588. The number of nitrogens with zero attached hydrogens (tertiary/aromatic N) is 2. The van der Waals surface area contributed by atoms with Crippen molar-refractivity contribution < 1.29 is 0 Å². The Balaban J connectivity index is 2.41. The summed E-state index contributed by atoms with van der Waals surface area (Å²) < 4.78 is 0. The van der Waals surface area contributed by atoms with Crippen molar-refractivity contribution in [3.05, 3.63) is 24.4 Å². The maximum atomic E-state index is 4.27. The molecule has 0 N–H and O–H groups in total. The molecule has 0 aliphatic rings. The normalized spacial score (nSPS) is 13.2. The topological polar surface area (TPSA) is 16.1 Å². The Morgan fingerprint density at radius 1 is 1.46 bits per heavy atom. The van der Waals surface area contributed by atoms with Gasteiger partial charge in [-0.05, 0) is 26.2 Å². The SMILES string of the molecule is CC(CN(C)C)Sc1ccccn1. The Kier molecular flexibility index (Phi) is 4.25. The standard InChI is InChI=1S/C10H16N2S/c1-9(8-12(2)3)13-10-6-4-5-7-11-10/h4-7,9H,8H2,1-3H3. The molecule has 1 aromatic heterocycles. The molecule has 3 heteroatoms. The number of hydrogen-bond acceptors (Lipinski definition) is 3. The van der Waals surface area contributed by atoms with Crippen molar-refractivity contribution in [2.24, 2.45) is 0 Å². The van der Waals surface area contributed by atoms with E-state index in [0.29, 0.717) is 5.25 Å². The Bertz CT molecular complexity index is 236. The number of thioether (sulfide) groups is 1. The van der Waals surface area contributed by atoms with Gasteiger partial charge >= 0.3 is 0 Å². The Hall–Kier alpha value is -0.540. The monoisotopic (exact) mass is 196 g/mol. The fourth-order valence-electron chi connectivity index (χ4n) is 1.17. The van der Waals surface area contributed by atoms with E-state index in [-0.39, 0.29) is 0 Å². The Morgan fingerprint density at radius 2 is 2.23 bits per heavy atom. The van der Waals surface area contributed by atoms with E-state index in [1.54, 1.807) is 0 Å². The second-order valence-corrected chi connectivity index (χ2v) is 4.82. The fourth-order valence-corrected chi connectivity index (χ4v) is 2.24. The molecule has 0 saturated carbocycles. The minimum Gasteiger partial charge on any atom is -0.308 e. The fraction of sp³-hybridized carbons (Fsp3) is 0.500. The van der Waals surface area contributed by atoms with E-state index >= 15 is 0 Å². The summed E-state index contributed by atoms with van der Waals surface area (Å²) in [6.07, 6.45) is 1.84. The molecule has 1 atom stereocenters. The van der Waals surface area contributed by atoms with E-state index in [1.165, 1.54) is 0 Å². The van der Waals surface area contributed by atoms with Crippen LogP contribution in [0.25, 0.3) is 0 Å². The average Bonchev–Trinajstić information content (AvgIpc) is 2.04. The summed E-state index contributed by atoms with van der Waals surface area (Å²) in [5.74, 6) is 0. The van der Waals surface area contributed by atoms with Gasteiger partial charge in [-0.2, -0.15) is 0 Å². The Labute approximate surface area is 84.4 Å². The van der Waals surface area contributed by atoms with Crippen LogP contribution in [0.5, 0.6) is 0 Å². The smallest absolute Gasteiger partial charge is 0.0962 e. The van der Waals surface area contributed by atoms with E-state index in [4.69, 9.17) is 0 Å². The summed E-state index contributed by atoms with van der Waals surface area (Å²) in [7, 11) is 4.19. The van der Waals surface area contributed by atoms with E-state index in [9.17, 15) is 0 Å². The summed E-state index contributed by atoms with van der Waals surface area (Å²) >= 11 is 1.82. The van der Waals surface area contributed by atoms with Gasteiger partial charge in [0.2, 0.25) is 0 Å². The molecule has 0 bridgehead atoms. The van der Waals surface area contributed by atoms with Gasteiger partial charge in [-0.3, -0.25) is 0 Å². The van der Waals surface area contributed by atoms with Crippen LogP contribution < -0.4 is 0 Å². The molecule has 1 unspecified atom stereocenters. The molecular formula is C10H16N2S. The van der Waals surface area contributed by atoms with Gasteiger partial charge in [0.15, 0.2) is 0 Å². The largest absolute Gasteiger partial charge is 0.308 e. The van der Waals surface area contributed by atoms with E-state index in [2.05, 4.69) is 37.0 Å². The summed E-state index contributed by atoms with van der Waals surface area (Å²) in [5, 5.41) is 1.70. The first-order chi connectivity index (χ1) is 6.18. The molecule has 0 aliphatic heterocycles. The number of rotatable bonds is 4. The molecule has 0 fully saturated rings. The molecule has 1 aromatic rings. The molecule has 13 heavy (non-hydrogen) atoms. The first kappa shape index (κ1) is 10.5. The van der Waals surface area contributed by atoms with Crippen LogP contribution in [0.3, 0.4) is 0 Å². The third-order valence-electron chi connectivity index (χ3n) is 1.58. The van der Waals surface area contributed by atoms with Crippen LogP contribution >= 0.6 is 11.8 Å². The van der Waals surface area contributed by atoms with Crippen molar-refractivity contribution in [1.29, 1.82) is 0 Å². The van der Waals surface area contributed by atoms with Gasteiger partial charge in [0.25, 0.3) is 0 Å². The lowest BCUT2D eigenvalue weighted by atomic mass is 10.4. The highest BCUT2D eigenvalue weighted by molar-refractivity contribution is 7.99. The van der Waals surface area contributed by atoms with Crippen LogP contribution in [0.15, 0.2) is 29.4 Å². The van der Waals surface area contributed by atoms with Gasteiger partial charge in [0.05, 0.1) is 5.03 Å². The first-order valence-corrected chi connectivity index (χ1v) is 5.29. The molecule has 0 aromatic carbocycles. The van der Waals surface area contributed by atoms with E-state index in [1.807, 2.05) is 30.1 Å². The maximum absolute atomic E-state index is 4.27. The van der Waals surface area contributed by atoms with E-state index < -0.39 is 0 Å². The third-order valence-corrected chi connectivity index (χ3v) is 2.62. The molecule has 0 radical (unpaired) electrons. The highest BCUT2D eigenvalue weighted by Gasteiger charge is 2.05. The van der Waals surface area contributed by atoms with Crippen LogP contribution in [0.1, 0.15) is 6.92 Å². The predicted octanol–water partition coefficient (Wildman–Crippen LogP) is 2.12. The third kappa shape index (κ3) is 4.29. The van der Waals surface area contributed by atoms with Gasteiger partial charge in [0, 0.05) is 18.0 Å². The summed E-state index contributed by atoms with van der Waals surface area (Å²) in [6, 6.07) is 6.02. The van der Waals surface area contributed by atoms with E-state index in [0.717, 1.165) is 11.6 Å². The summed E-state index contributed by atoms with van der Waals surface area (Å²) in [6.45, 7) is 3.31. The molecule has 0 amide bonds. The highest BCUT2D eigenvalue weighted by atomic mass is 32.2. The van der Waals surface area contributed by atoms with Crippen LogP contribution in [-0.2, 0) is 0 Å². The van der Waals surface area contributed by atoms with Crippen LogP contribution in [0, 0.1) is 0 Å². The van der Waals surface area contributed by atoms with Gasteiger partial charge < -0.3 is 4.90 Å². The van der Waals surface area contributed by atoms with Crippen LogP contribution in [-0.4, -0.2) is 35.8 Å². The second-order valence-electron chi connectivity index (χ2n) is 3.36. The van der Waals surface area contributed by atoms with Crippen molar-refractivity contribution >= 4 is 11.8 Å². The second kappa shape index (κ2) is 5.25. The van der Waals surface area contributed by atoms with Crippen molar-refractivity contribution in [1.82, 2.24) is 9.88 Å². The lowest BCUT2D eigenvalue weighted by Gasteiger charge is -2.15. The first-order valence-electron chi connectivity index (χ1n) is 4.41. The zero-order chi connectivity index (χ0) is 9.68. The van der Waals surface area contributed by atoms with Gasteiger partial charge in [-0.25, -0.2) is 4.98 Å². The zero-order valence-corrected chi connectivity index (χ0v) is 9.21. The highest BCUT2D eigenvalue weighted by Crippen LogP contribution is 2.20. The van der Waals surface area contributed by atoms with Gasteiger partial charge in [0.1, 0.15) is 0 Å². The number of hydrogen-bond donors (Lipinski definition) is 0. The molecular weight excluding hydrogens is 180 g/mol. The van der Waals surface area contributed by atoms with Crippen molar-refractivity contribution in [3.8, 4) is 0 Å². The average molecular weight is 196 g/mol. The van der Waals surface area contributed by atoms with Crippen LogP contribution in [0.4, 0.5) is 0 Å².